The molecule has 0 unspecified atom stereocenters. The van der Waals surface area contributed by atoms with Crippen LogP contribution in [0.5, 0.6) is 5.75 Å². The fourth-order valence-electron chi connectivity index (χ4n) is 2.54. The normalized spacial score (nSPS) is 10.8. The molecule has 20 heavy (non-hydrogen) atoms. The maximum absolute atomic E-state index is 5.61. The van der Waals surface area contributed by atoms with Crippen molar-refractivity contribution >= 4 is 0 Å². The Bertz CT molecular complexity index is 549. The van der Waals surface area contributed by atoms with Gasteiger partial charge in [0.1, 0.15) is 11.5 Å². The summed E-state index contributed by atoms with van der Waals surface area (Å²) in [6.07, 6.45) is 2.88. The molecule has 0 radical (unpaired) electrons. The first-order valence-corrected chi connectivity index (χ1v) is 7.10. The van der Waals surface area contributed by atoms with Gasteiger partial charge < -0.3 is 14.5 Å². The molecular formula is C17H23NO2. The van der Waals surface area contributed by atoms with Crippen molar-refractivity contribution in [1.82, 2.24) is 5.32 Å². The Hall–Kier alpha value is -1.74. The van der Waals surface area contributed by atoms with Gasteiger partial charge in [-0.2, -0.15) is 0 Å². The quantitative estimate of drug-likeness (QED) is 0.806. The van der Waals surface area contributed by atoms with E-state index in [9.17, 15) is 0 Å². The number of rotatable bonds is 6. The molecule has 0 bridgehead atoms. The second-order valence-electron chi connectivity index (χ2n) is 5.08. The lowest BCUT2D eigenvalue weighted by atomic mass is 10.00. The smallest absolute Gasteiger partial charge is 0.125 e. The molecule has 0 aliphatic carbocycles. The number of methoxy groups -OCH3 is 1. The largest absolute Gasteiger partial charge is 0.496 e. The molecule has 2 rings (SSSR count). The number of hydrogen-bond acceptors (Lipinski definition) is 3. The Balaban J connectivity index is 2.30. The fourth-order valence-corrected chi connectivity index (χ4v) is 2.54. The summed E-state index contributed by atoms with van der Waals surface area (Å²) >= 11 is 0. The minimum Gasteiger partial charge on any atom is -0.496 e. The summed E-state index contributed by atoms with van der Waals surface area (Å²) in [7, 11) is 1.72. The van der Waals surface area contributed by atoms with Crippen LogP contribution in [0.1, 0.15) is 30.2 Å². The van der Waals surface area contributed by atoms with Crippen molar-refractivity contribution < 1.29 is 9.15 Å². The van der Waals surface area contributed by atoms with E-state index in [4.69, 9.17) is 9.15 Å². The molecule has 0 spiro atoms. The second-order valence-corrected chi connectivity index (χ2v) is 5.08. The Labute approximate surface area is 121 Å². The van der Waals surface area contributed by atoms with Crippen molar-refractivity contribution in [3.05, 3.63) is 41.3 Å². The predicted octanol–water partition coefficient (Wildman–Crippen LogP) is 4.07. The third kappa shape index (κ3) is 3.05. The van der Waals surface area contributed by atoms with Gasteiger partial charge in [0.05, 0.1) is 19.9 Å². The van der Waals surface area contributed by atoms with Gasteiger partial charge >= 0.3 is 0 Å². The lowest BCUT2D eigenvalue weighted by Gasteiger charge is -2.11. The molecule has 0 aliphatic heterocycles. The maximum Gasteiger partial charge on any atom is 0.125 e. The molecule has 0 aliphatic rings. The summed E-state index contributed by atoms with van der Waals surface area (Å²) in [5.74, 6) is 1.95. The molecule has 1 aromatic carbocycles. The Morgan fingerprint density at radius 2 is 1.90 bits per heavy atom. The molecule has 3 heteroatoms. The molecule has 1 heterocycles. The molecular weight excluding hydrogens is 250 g/mol. The number of ether oxygens (including phenoxy) is 1. The highest BCUT2D eigenvalue weighted by Gasteiger charge is 2.12. The van der Waals surface area contributed by atoms with E-state index >= 15 is 0 Å². The van der Waals surface area contributed by atoms with E-state index < -0.39 is 0 Å². The zero-order chi connectivity index (χ0) is 14.5. The van der Waals surface area contributed by atoms with Crippen molar-refractivity contribution in [3.8, 4) is 16.9 Å². The van der Waals surface area contributed by atoms with E-state index in [-0.39, 0.29) is 0 Å². The number of aryl methyl sites for hydroxylation is 2. The first kappa shape index (κ1) is 14.7. The number of furan rings is 1. The van der Waals surface area contributed by atoms with Crippen LogP contribution in [0, 0.1) is 13.8 Å². The van der Waals surface area contributed by atoms with Crippen LogP contribution in [-0.4, -0.2) is 13.7 Å². The van der Waals surface area contributed by atoms with E-state index in [0.29, 0.717) is 0 Å². The molecule has 2 aromatic rings. The highest BCUT2D eigenvalue weighted by atomic mass is 16.5. The average Bonchev–Trinajstić information content (AvgIpc) is 2.87. The molecule has 0 amide bonds. The van der Waals surface area contributed by atoms with Gasteiger partial charge in [0.25, 0.3) is 0 Å². The van der Waals surface area contributed by atoms with E-state index in [1.165, 1.54) is 5.56 Å². The highest BCUT2D eigenvalue weighted by molar-refractivity contribution is 5.69. The monoisotopic (exact) mass is 273 g/mol. The molecule has 3 nitrogen and oxygen atoms in total. The Kier molecular flexibility index (Phi) is 4.85. The van der Waals surface area contributed by atoms with Crippen LogP contribution in [0.15, 0.2) is 28.9 Å². The molecule has 0 fully saturated rings. The minimum absolute atomic E-state index is 0.764. The van der Waals surface area contributed by atoms with Gasteiger partial charge in [-0.05, 0) is 61.7 Å². The van der Waals surface area contributed by atoms with Crippen LogP contribution >= 0.6 is 0 Å². The SMILES string of the molecule is CCCNCc1occc1-c1cc(C)c(OC)c(C)c1. The second kappa shape index (κ2) is 6.62. The molecule has 0 saturated heterocycles. The molecule has 0 atom stereocenters. The van der Waals surface area contributed by atoms with Gasteiger partial charge in [-0.1, -0.05) is 6.92 Å². The molecule has 0 saturated carbocycles. The Morgan fingerprint density at radius 3 is 2.50 bits per heavy atom. The first-order valence-electron chi connectivity index (χ1n) is 7.10. The number of benzene rings is 1. The van der Waals surface area contributed by atoms with Gasteiger partial charge in [-0.3, -0.25) is 0 Å². The van der Waals surface area contributed by atoms with Crippen LogP contribution in [-0.2, 0) is 6.54 Å². The summed E-state index contributed by atoms with van der Waals surface area (Å²) in [4.78, 5) is 0. The van der Waals surface area contributed by atoms with Gasteiger partial charge in [-0.25, -0.2) is 0 Å². The van der Waals surface area contributed by atoms with Crippen molar-refractivity contribution in [2.24, 2.45) is 0 Å². The van der Waals surface area contributed by atoms with Gasteiger partial charge in [0, 0.05) is 5.56 Å². The third-order valence-corrected chi connectivity index (χ3v) is 3.43. The summed E-state index contributed by atoms with van der Waals surface area (Å²) in [6.45, 7) is 8.07. The molecule has 108 valence electrons. The van der Waals surface area contributed by atoms with Crippen molar-refractivity contribution in [2.75, 3.05) is 13.7 Å². The van der Waals surface area contributed by atoms with Gasteiger partial charge in [0.2, 0.25) is 0 Å². The maximum atomic E-state index is 5.61. The fraction of sp³-hybridized carbons (Fsp3) is 0.412. The van der Waals surface area contributed by atoms with Crippen molar-refractivity contribution in [1.29, 1.82) is 0 Å². The molecule has 1 aromatic heterocycles. The van der Waals surface area contributed by atoms with E-state index in [0.717, 1.165) is 47.7 Å². The summed E-state index contributed by atoms with van der Waals surface area (Å²) in [6, 6.07) is 6.34. The lowest BCUT2D eigenvalue weighted by molar-refractivity contribution is 0.408. The third-order valence-electron chi connectivity index (χ3n) is 3.43. The highest BCUT2D eigenvalue weighted by Crippen LogP contribution is 2.32. The standard InChI is InChI=1S/C17H23NO2/c1-5-7-18-11-16-15(6-8-20-16)14-9-12(2)17(19-4)13(3)10-14/h6,8-10,18H,5,7,11H2,1-4H3. The van der Waals surface area contributed by atoms with Crippen LogP contribution in [0.4, 0.5) is 0 Å². The lowest BCUT2D eigenvalue weighted by Crippen LogP contribution is -2.13. The predicted molar refractivity (Wildman–Crippen MR) is 82.2 cm³/mol. The van der Waals surface area contributed by atoms with Crippen molar-refractivity contribution in [2.45, 2.75) is 33.7 Å². The van der Waals surface area contributed by atoms with Crippen LogP contribution in [0.2, 0.25) is 0 Å². The summed E-state index contributed by atoms with van der Waals surface area (Å²) in [5.41, 5.74) is 4.64. The minimum atomic E-state index is 0.764. The number of nitrogens with one attached hydrogen (secondary N) is 1. The van der Waals surface area contributed by atoms with Gasteiger partial charge in [0.15, 0.2) is 0 Å². The van der Waals surface area contributed by atoms with Crippen LogP contribution in [0.25, 0.3) is 11.1 Å². The van der Waals surface area contributed by atoms with E-state index in [1.807, 2.05) is 6.07 Å². The number of hydrogen-bond donors (Lipinski definition) is 1. The van der Waals surface area contributed by atoms with Gasteiger partial charge in [-0.15, -0.1) is 0 Å². The topological polar surface area (TPSA) is 34.4 Å². The first-order chi connectivity index (χ1) is 9.67. The van der Waals surface area contributed by atoms with E-state index in [2.05, 4.69) is 38.2 Å². The zero-order valence-electron chi connectivity index (χ0n) is 12.7. The zero-order valence-corrected chi connectivity index (χ0v) is 12.7. The summed E-state index contributed by atoms with van der Waals surface area (Å²) < 4.78 is 11.0. The Morgan fingerprint density at radius 1 is 1.20 bits per heavy atom. The molecule has 1 N–H and O–H groups in total. The van der Waals surface area contributed by atoms with Crippen LogP contribution < -0.4 is 10.1 Å². The van der Waals surface area contributed by atoms with Crippen molar-refractivity contribution in [3.63, 3.8) is 0 Å². The van der Waals surface area contributed by atoms with E-state index in [1.54, 1.807) is 13.4 Å². The summed E-state index contributed by atoms with van der Waals surface area (Å²) in [5, 5.41) is 3.38. The van der Waals surface area contributed by atoms with Crippen LogP contribution in [0.3, 0.4) is 0 Å². The average molecular weight is 273 g/mol.